The molecule has 6 nitrogen and oxygen atoms in total. The topological polar surface area (TPSA) is 61.4 Å². The number of nitrogens with one attached hydrogen (secondary N) is 1. The Hall–Kier alpha value is -2.35. The standard InChI is InChI=1S/C21H21Cl2N5OS/c22-17-8-7-16(14-18(17)23)24-20(29)27-9-4-10-28(12-11-27)21-25-19(26-30-21)13-15-5-2-1-3-6-15/h1-3,5-8,14H,4,9-13H2,(H,24,29). The average molecular weight is 462 g/mol. The van der Waals surface area contributed by atoms with E-state index in [0.717, 1.165) is 36.9 Å². The van der Waals surface area contributed by atoms with Gasteiger partial charge in [0.25, 0.3) is 0 Å². The van der Waals surface area contributed by atoms with E-state index < -0.39 is 0 Å². The van der Waals surface area contributed by atoms with E-state index in [-0.39, 0.29) is 6.03 Å². The third-order valence-electron chi connectivity index (χ3n) is 4.89. The molecule has 1 aromatic heterocycles. The lowest BCUT2D eigenvalue weighted by Gasteiger charge is -2.22. The minimum Gasteiger partial charge on any atom is -0.345 e. The van der Waals surface area contributed by atoms with Crippen LogP contribution in [0.4, 0.5) is 15.6 Å². The van der Waals surface area contributed by atoms with E-state index in [1.165, 1.54) is 17.1 Å². The fourth-order valence-corrected chi connectivity index (χ4v) is 4.35. The van der Waals surface area contributed by atoms with Gasteiger partial charge in [-0.3, -0.25) is 0 Å². The Morgan fingerprint density at radius 1 is 1.03 bits per heavy atom. The van der Waals surface area contributed by atoms with Crippen LogP contribution in [0.15, 0.2) is 48.5 Å². The summed E-state index contributed by atoms with van der Waals surface area (Å²) in [6, 6.07) is 15.1. The normalized spacial score (nSPS) is 14.5. The maximum atomic E-state index is 12.7. The number of benzene rings is 2. The molecule has 0 bridgehead atoms. The summed E-state index contributed by atoms with van der Waals surface area (Å²) in [5.41, 5.74) is 1.83. The second-order valence-electron chi connectivity index (χ2n) is 7.04. The van der Waals surface area contributed by atoms with E-state index in [4.69, 9.17) is 28.2 Å². The number of carbonyl (C=O) groups is 1. The quantitative estimate of drug-likeness (QED) is 0.581. The van der Waals surface area contributed by atoms with Crippen molar-refractivity contribution in [2.24, 2.45) is 0 Å². The Morgan fingerprint density at radius 2 is 1.87 bits per heavy atom. The van der Waals surface area contributed by atoms with Gasteiger partial charge in [0.1, 0.15) is 5.82 Å². The van der Waals surface area contributed by atoms with Gasteiger partial charge in [-0.2, -0.15) is 4.37 Å². The van der Waals surface area contributed by atoms with E-state index in [1.54, 1.807) is 18.2 Å². The zero-order valence-electron chi connectivity index (χ0n) is 16.2. The zero-order valence-corrected chi connectivity index (χ0v) is 18.6. The van der Waals surface area contributed by atoms with Crippen molar-refractivity contribution in [2.45, 2.75) is 12.8 Å². The molecule has 0 aliphatic carbocycles. The first kappa shape index (κ1) is 20.9. The predicted octanol–water partition coefficient (Wildman–Crippen LogP) is 5.18. The lowest BCUT2D eigenvalue weighted by atomic mass is 10.1. The third kappa shape index (κ3) is 5.22. The molecule has 1 saturated heterocycles. The van der Waals surface area contributed by atoms with Crippen LogP contribution in [0.2, 0.25) is 10.0 Å². The van der Waals surface area contributed by atoms with Crippen molar-refractivity contribution in [1.82, 2.24) is 14.3 Å². The molecule has 0 unspecified atom stereocenters. The van der Waals surface area contributed by atoms with Gasteiger partial charge in [0, 0.05) is 49.8 Å². The summed E-state index contributed by atoms with van der Waals surface area (Å²) in [6.45, 7) is 2.85. The van der Waals surface area contributed by atoms with Gasteiger partial charge in [-0.05, 0) is 30.2 Å². The summed E-state index contributed by atoms with van der Waals surface area (Å²) in [5.74, 6) is 0.833. The first-order chi connectivity index (χ1) is 14.6. The number of carbonyl (C=O) groups excluding carboxylic acids is 1. The molecule has 30 heavy (non-hydrogen) atoms. The fraction of sp³-hybridized carbons (Fsp3) is 0.286. The number of nitrogens with zero attached hydrogens (tertiary/aromatic N) is 4. The van der Waals surface area contributed by atoms with Crippen molar-refractivity contribution < 1.29 is 4.79 Å². The number of hydrogen-bond acceptors (Lipinski definition) is 5. The molecule has 3 aromatic rings. The second kappa shape index (κ2) is 9.64. The van der Waals surface area contributed by atoms with Crippen LogP contribution in [0.25, 0.3) is 0 Å². The fourth-order valence-electron chi connectivity index (χ4n) is 3.31. The molecular weight excluding hydrogens is 441 g/mol. The van der Waals surface area contributed by atoms with Gasteiger partial charge < -0.3 is 15.1 Å². The highest BCUT2D eigenvalue weighted by molar-refractivity contribution is 7.09. The van der Waals surface area contributed by atoms with E-state index in [2.05, 4.69) is 26.7 Å². The zero-order chi connectivity index (χ0) is 20.9. The van der Waals surface area contributed by atoms with Gasteiger partial charge in [-0.1, -0.05) is 53.5 Å². The molecular formula is C21H21Cl2N5OS. The maximum Gasteiger partial charge on any atom is 0.321 e. The van der Waals surface area contributed by atoms with Crippen LogP contribution in [0.1, 0.15) is 17.8 Å². The molecule has 9 heteroatoms. The monoisotopic (exact) mass is 461 g/mol. The summed E-state index contributed by atoms with van der Waals surface area (Å²) in [5, 5.41) is 4.68. The van der Waals surface area contributed by atoms with Crippen molar-refractivity contribution >= 4 is 51.6 Å². The lowest BCUT2D eigenvalue weighted by Crippen LogP contribution is -2.38. The maximum absolute atomic E-state index is 12.7. The number of halogens is 2. The van der Waals surface area contributed by atoms with Crippen LogP contribution in [-0.4, -0.2) is 46.5 Å². The molecule has 1 fully saturated rings. The summed E-state index contributed by atoms with van der Waals surface area (Å²) >= 11 is 13.4. The number of amides is 2. The summed E-state index contributed by atoms with van der Waals surface area (Å²) in [7, 11) is 0. The first-order valence-electron chi connectivity index (χ1n) is 9.71. The molecule has 0 atom stereocenters. The van der Waals surface area contributed by atoms with Gasteiger partial charge >= 0.3 is 6.03 Å². The van der Waals surface area contributed by atoms with Crippen molar-refractivity contribution in [3.05, 3.63) is 70.0 Å². The predicted molar refractivity (Wildman–Crippen MR) is 123 cm³/mol. The molecule has 0 radical (unpaired) electrons. The molecule has 4 rings (SSSR count). The third-order valence-corrected chi connectivity index (χ3v) is 6.44. The highest BCUT2D eigenvalue weighted by atomic mass is 35.5. The van der Waals surface area contributed by atoms with Crippen molar-refractivity contribution in [1.29, 1.82) is 0 Å². The average Bonchev–Trinajstić information content (AvgIpc) is 3.06. The van der Waals surface area contributed by atoms with E-state index >= 15 is 0 Å². The van der Waals surface area contributed by atoms with Crippen molar-refractivity contribution in [3.63, 3.8) is 0 Å². The number of aromatic nitrogens is 2. The number of anilines is 2. The van der Waals surface area contributed by atoms with Gasteiger partial charge in [0.05, 0.1) is 10.0 Å². The largest absolute Gasteiger partial charge is 0.345 e. The SMILES string of the molecule is O=C(Nc1ccc(Cl)c(Cl)c1)N1CCCN(c2nc(Cc3ccccc3)ns2)CC1. The highest BCUT2D eigenvalue weighted by Gasteiger charge is 2.21. The van der Waals surface area contributed by atoms with E-state index in [9.17, 15) is 4.79 Å². The van der Waals surface area contributed by atoms with E-state index in [1.807, 2.05) is 23.1 Å². The smallest absolute Gasteiger partial charge is 0.321 e. The molecule has 0 saturated carbocycles. The molecule has 2 amide bonds. The summed E-state index contributed by atoms with van der Waals surface area (Å²) < 4.78 is 4.52. The van der Waals surface area contributed by atoms with Crippen LogP contribution in [0.3, 0.4) is 0 Å². The minimum absolute atomic E-state index is 0.141. The van der Waals surface area contributed by atoms with Crippen LogP contribution in [-0.2, 0) is 6.42 Å². The minimum atomic E-state index is -0.141. The Bertz CT molecular complexity index is 1010. The van der Waals surface area contributed by atoms with Gasteiger partial charge in [-0.25, -0.2) is 9.78 Å². The van der Waals surface area contributed by atoms with Gasteiger partial charge in [-0.15, -0.1) is 0 Å². The Labute approximate surface area is 189 Å². The lowest BCUT2D eigenvalue weighted by molar-refractivity contribution is 0.215. The van der Waals surface area contributed by atoms with Crippen LogP contribution >= 0.6 is 34.7 Å². The molecule has 1 N–H and O–H groups in total. The van der Waals surface area contributed by atoms with E-state index in [0.29, 0.717) is 28.8 Å². The second-order valence-corrected chi connectivity index (χ2v) is 8.59. The summed E-state index contributed by atoms with van der Waals surface area (Å²) in [4.78, 5) is 21.4. The number of urea groups is 1. The van der Waals surface area contributed by atoms with Crippen molar-refractivity contribution in [2.75, 3.05) is 36.4 Å². The Kier molecular flexibility index (Phi) is 6.72. The molecule has 1 aliphatic rings. The molecule has 156 valence electrons. The molecule has 2 heterocycles. The number of hydrogen-bond donors (Lipinski definition) is 1. The Balaban J connectivity index is 1.34. The highest BCUT2D eigenvalue weighted by Crippen LogP contribution is 2.25. The van der Waals surface area contributed by atoms with Gasteiger partial charge in [0.2, 0.25) is 5.13 Å². The van der Waals surface area contributed by atoms with Crippen LogP contribution in [0.5, 0.6) is 0 Å². The Morgan fingerprint density at radius 3 is 2.67 bits per heavy atom. The summed E-state index contributed by atoms with van der Waals surface area (Å²) in [6.07, 6.45) is 1.59. The molecule has 1 aliphatic heterocycles. The molecule has 0 spiro atoms. The van der Waals surface area contributed by atoms with Crippen LogP contribution < -0.4 is 10.2 Å². The first-order valence-corrected chi connectivity index (χ1v) is 11.2. The van der Waals surface area contributed by atoms with Gasteiger partial charge in [0.15, 0.2) is 0 Å². The molecule has 2 aromatic carbocycles. The van der Waals surface area contributed by atoms with Crippen LogP contribution in [0, 0.1) is 0 Å². The van der Waals surface area contributed by atoms with Crippen molar-refractivity contribution in [3.8, 4) is 0 Å². The number of rotatable bonds is 4.